The number of fused-ring (bicyclic) bond motifs is 3. The Morgan fingerprint density at radius 2 is 1.69 bits per heavy atom. The van der Waals surface area contributed by atoms with Crippen LogP contribution < -0.4 is 10.7 Å². The SMILES string of the molecule is FC(F)(F)C1=Nc2ccc3c(c2=N1)=NC=N3. The van der Waals surface area contributed by atoms with E-state index in [4.69, 9.17) is 0 Å². The van der Waals surface area contributed by atoms with Gasteiger partial charge in [-0.1, -0.05) is 0 Å². The Labute approximate surface area is 86.6 Å². The molecule has 2 aliphatic heterocycles. The van der Waals surface area contributed by atoms with Crippen LogP contribution in [0.4, 0.5) is 24.5 Å². The van der Waals surface area contributed by atoms with Gasteiger partial charge in [0.05, 0.1) is 11.4 Å². The molecule has 2 heterocycles. The predicted molar refractivity (Wildman–Crippen MR) is 50.1 cm³/mol. The predicted octanol–water partition coefficient (Wildman–Crippen LogP) is 1.21. The van der Waals surface area contributed by atoms with Crippen molar-refractivity contribution in [3.8, 4) is 0 Å². The molecule has 16 heavy (non-hydrogen) atoms. The number of amidine groups is 1. The maximum Gasteiger partial charge on any atom is 0.451 e. The fraction of sp³-hybridized carbons (Fsp3) is 0.111. The molecule has 0 unspecified atom stereocenters. The monoisotopic (exact) mass is 224 g/mol. The lowest BCUT2D eigenvalue weighted by molar-refractivity contribution is -0.0595. The van der Waals surface area contributed by atoms with Gasteiger partial charge in [0.15, 0.2) is 0 Å². The number of hydrogen-bond acceptors (Lipinski definition) is 4. The summed E-state index contributed by atoms with van der Waals surface area (Å²) in [6.07, 6.45) is -3.25. The average molecular weight is 224 g/mol. The first kappa shape index (κ1) is 9.20. The summed E-state index contributed by atoms with van der Waals surface area (Å²) < 4.78 is 37.2. The molecule has 0 saturated carbocycles. The van der Waals surface area contributed by atoms with Crippen LogP contribution in [0.15, 0.2) is 32.1 Å². The van der Waals surface area contributed by atoms with Crippen molar-refractivity contribution in [2.45, 2.75) is 6.18 Å². The van der Waals surface area contributed by atoms with Crippen LogP contribution in [0.25, 0.3) is 0 Å². The number of halogens is 3. The molecule has 7 heteroatoms. The summed E-state index contributed by atoms with van der Waals surface area (Å²) in [4.78, 5) is 14.6. The first-order chi connectivity index (χ1) is 7.55. The van der Waals surface area contributed by atoms with Gasteiger partial charge in [-0.25, -0.2) is 20.0 Å². The highest BCUT2D eigenvalue weighted by molar-refractivity contribution is 5.93. The Morgan fingerprint density at radius 1 is 0.938 bits per heavy atom. The van der Waals surface area contributed by atoms with E-state index in [1.54, 1.807) is 6.07 Å². The van der Waals surface area contributed by atoms with Gasteiger partial charge in [-0.3, -0.25) is 0 Å². The van der Waals surface area contributed by atoms with Crippen molar-refractivity contribution in [2.75, 3.05) is 0 Å². The van der Waals surface area contributed by atoms with E-state index in [0.717, 1.165) is 0 Å². The quantitative estimate of drug-likeness (QED) is 0.636. The van der Waals surface area contributed by atoms with Gasteiger partial charge >= 0.3 is 6.18 Å². The van der Waals surface area contributed by atoms with E-state index in [9.17, 15) is 13.2 Å². The van der Waals surface area contributed by atoms with Crippen molar-refractivity contribution in [2.24, 2.45) is 20.0 Å². The van der Waals surface area contributed by atoms with E-state index in [2.05, 4.69) is 20.0 Å². The van der Waals surface area contributed by atoms with Gasteiger partial charge in [0, 0.05) is 0 Å². The standard InChI is InChI=1S/C9H3F3N4/c10-9(11,12)8-15-5-2-1-4-6(7(5)16-8)14-3-13-4/h1-3H. The zero-order chi connectivity index (χ0) is 11.3. The Kier molecular flexibility index (Phi) is 1.58. The summed E-state index contributed by atoms with van der Waals surface area (Å²) in [5, 5.41) is 0.489. The lowest BCUT2D eigenvalue weighted by atomic mass is 10.2. The van der Waals surface area contributed by atoms with Gasteiger partial charge in [-0.05, 0) is 12.1 Å². The Hall–Kier alpha value is -2.05. The highest BCUT2D eigenvalue weighted by atomic mass is 19.4. The maximum atomic E-state index is 12.4. The van der Waals surface area contributed by atoms with Crippen molar-refractivity contribution in [1.82, 2.24) is 0 Å². The lowest BCUT2D eigenvalue weighted by Crippen LogP contribution is -2.26. The van der Waals surface area contributed by atoms with Crippen molar-refractivity contribution < 1.29 is 13.2 Å². The van der Waals surface area contributed by atoms with Crippen LogP contribution in [0.2, 0.25) is 0 Å². The van der Waals surface area contributed by atoms with Gasteiger partial charge in [-0.2, -0.15) is 13.2 Å². The van der Waals surface area contributed by atoms with Gasteiger partial charge in [0.25, 0.3) is 0 Å². The third-order valence-corrected chi connectivity index (χ3v) is 2.19. The minimum atomic E-state index is -4.54. The second-order valence-corrected chi connectivity index (χ2v) is 3.22. The van der Waals surface area contributed by atoms with Crippen molar-refractivity contribution in [1.29, 1.82) is 0 Å². The number of aliphatic imine (C=N–C) groups is 2. The maximum absolute atomic E-state index is 12.4. The van der Waals surface area contributed by atoms with Crippen LogP contribution in [0.5, 0.6) is 0 Å². The van der Waals surface area contributed by atoms with Crippen LogP contribution >= 0.6 is 0 Å². The Morgan fingerprint density at radius 3 is 2.44 bits per heavy atom. The summed E-state index contributed by atoms with van der Waals surface area (Å²) in [7, 11) is 0. The average Bonchev–Trinajstić information content (AvgIpc) is 2.81. The molecule has 3 rings (SSSR count). The number of hydrogen-bond donors (Lipinski definition) is 0. The van der Waals surface area contributed by atoms with Gasteiger partial charge in [0.2, 0.25) is 5.84 Å². The molecule has 1 aromatic rings. The number of alkyl halides is 3. The molecule has 0 radical (unpaired) electrons. The smallest absolute Gasteiger partial charge is 0.235 e. The van der Waals surface area contributed by atoms with E-state index in [-0.39, 0.29) is 11.0 Å². The molecular formula is C9H3F3N4. The molecule has 80 valence electrons. The molecule has 0 bridgehead atoms. The zero-order valence-electron chi connectivity index (χ0n) is 7.65. The highest BCUT2D eigenvalue weighted by Crippen LogP contribution is 2.24. The normalized spacial score (nSPS) is 16.3. The second-order valence-electron chi connectivity index (χ2n) is 3.22. The highest BCUT2D eigenvalue weighted by Gasteiger charge is 2.38. The van der Waals surface area contributed by atoms with Crippen LogP contribution in [-0.2, 0) is 0 Å². The van der Waals surface area contributed by atoms with Gasteiger partial charge in [0.1, 0.15) is 17.1 Å². The molecule has 1 aromatic carbocycles. The van der Waals surface area contributed by atoms with Crippen molar-refractivity contribution in [3.63, 3.8) is 0 Å². The van der Waals surface area contributed by atoms with E-state index in [0.29, 0.717) is 11.0 Å². The molecule has 0 spiro atoms. The summed E-state index contributed by atoms with van der Waals surface area (Å²) in [5.41, 5.74) is 0.696. The fourth-order valence-corrected chi connectivity index (χ4v) is 1.51. The van der Waals surface area contributed by atoms with Crippen LogP contribution in [0.3, 0.4) is 0 Å². The molecule has 2 aliphatic rings. The van der Waals surface area contributed by atoms with E-state index >= 15 is 0 Å². The second kappa shape index (κ2) is 2.75. The Balaban J connectivity index is 2.28. The van der Waals surface area contributed by atoms with E-state index < -0.39 is 12.0 Å². The molecule has 0 amide bonds. The lowest BCUT2D eigenvalue weighted by Gasteiger charge is -2.00. The summed E-state index contributed by atoms with van der Waals surface area (Å²) in [5.74, 6) is -1.14. The largest absolute Gasteiger partial charge is 0.451 e. The zero-order valence-corrected chi connectivity index (χ0v) is 7.65. The molecule has 4 nitrogen and oxygen atoms in total. The Bertz CT molecular complexity index is 655. The summed E-state index contributed by atoms with van der Waals surface area (Å²) in [6, 6.07) is 3.02. The molecule has 0 aromatic heterocycles. The minimum Gasteiger partial charge on any atom is -0.235 e. The van der Waals surface area contributed by atoms with Gasteiger partial charge in [-0.15, -0.1) is 0 Å². The number of rotatable bonds is 0. The van der Waals surface area contributed by atoms with Crippen LogP contribution in [0, 0.1) is 0 Å². The minimum absolute atomic E-state index is 0.141. The fourth-order valence-electron chi connectivity index (χ4n) is 1.51. The first-order valence-electron chi connectivity index (χ1n) is 4.34. The summed E-state index contributed by atoms with van der Waals surface area (Å²) in [6.45, 7) is 0. The number of benzene rings is 1. The van der Waals surface area contributed by atoms with Crippen LogP contribution in [-0.4, -0.2) is 18.4 Å². The van der Waals surface area contributed by atoms with E-state index in [1.165, 1.54) is 12.4 Å². The third-order valence-electron chi connectivity index (χ3n) is 2.19. The molecule has 0 N–H and O–H groups in total. The molecule has 0 aliphatic carbocycles. The summed E-state index contributed by atoms with van der Waals surface area (Å²) >= 11 is 0. The third kappa shape index (κ3) is 1.17. The van der Waals surface area contributed by atoms with Crippen molar-refractivity contribution >= 4 is 23.5 Å². The van der Waals surface area contributed by atoms with E-state index in [1.807, 2.05) is 0 Å². The topological polar surface area (TPSA) is 49.4 Å². The van der Waals surface area contributed by atoms with Gasteiger partial charge < -0.3 is 0 Å². The molecule has 0 atom stereocenters. The first-order valence-corrected chi connectivity index (χ1v) is 4.34. The van der Waals surface area contributed by atoms with Crippen LogP contribution in [0.1, 0.15) is 0 Å². The van der Waals surface area contributed by atoms with Crippen molar-refractivity contribution in [3.05, 3.63) is 22.8 Å². The molecule has 0 fully saturated rings. The number of nitrogens with zero attached hydrogens (tertiary/aromatic N) is 4. The molecular weight excluding hydrogens is 221 g/mol. The molecule has 0 saturated heterocycles.